The molecule has 4 rings (SSSR count). The van der Waals surface area contributed by atoms with E-state index in [0.717, 1.165) is 17.1 Å². The summed E-state index contributed by atoms with van der Waals surface area (Å²) >= 11 is 0. The average Bonchev–Trinajstić information content (AvgIpc) is 3.02. The number of anilines is 1. The summed E-state index contributed by atoms with van der Waals surface area (Å²) in [7, 11) is -1.07. The molecule has 52 heavy (non-hydrogen) atoms. The van der Waals surface area contributed by atoms with E-state index < -0.39 is 23.8 Å². The first-order chi connectivity index (χ1) is 24.0. The van der Waals surface area contributed by atoms with Gasteiger partial charge in [0.15, 0.2) is 0 Å². The van der Waals surface area contributed by atoms with Crippen molar-refractivity contribution in [1.29, 1.82) is 0 Å². The smallest absolute Gasteiger partial charge is 0.269 e. The van der Waals surface area contributed by atoms with Crippen LogP contribution in [0.1, 0.15) is 123 Å². The predicted octanol–water partition coefficient (Wildman–Crippen LogP) is 11.8. The minimum absolute atomic E-state index is 0.0931. The van der Waals surface area contributed by atoms with Crippen LogP contribution in [0.5, 0.6) is 11.5 Å². The lowest BCUT2D eigenvalue weighted by molar-refractivity contribution is 0.407. The number of nitrogens with two attached hydrogens (primary N) is 1. The number of ether oxygens (including phenoxy) is 2. The van der Waals surface area contributed by atoms with Crippen molar-refractivity contribution in [2.75, 3.05) is 20.0 Å². The number of hydrogen-bond acceptors (Lipinski definition) is 5. The number of hydrogen-bond donors (Lipinski definition) is 2. The van der Waals surface area contributed by atoms with E-state index in [-0.39, 0.29) is 10.3 Å². The summed E-state index contributed by atoms with van der Waals surface area (Å²) in [4.78, 5) is 0. The van der Waals surface area contributed by atoms with E-state index in [1.54, 1.807) is 37.4 Å². The Labute approximate surface area is 316 Å². The summed E-state index contributed by atoms with van der Waals surface area (Å²) in [5.74, 6) is 2.77. The van der Waals surface area contributed by atoms with Crippen molar-refractivity contribution in [3.05, 3.63) is 95.1 Å². The summed E-state index contributed by atoms with van der Waals surface area (Å²) in [5.41, 5.74) is 15.2. The fourth-order valence-electron chi connectivity index (χ4n) is 7.12. The lowest BCUT2D eigenvalue weighted by Gasteiger charge is -2.43. The van der Waals surface area contributed by atoms with Crippen LogP contribution >= 0.6 is 7.92 Å². The summed E-state index contributed by atoms with van der Waals surface area (Å²) in [6.07, 6.45) is 0. The van der Waals surface area contributed by atoms with Crippen molar-refractivity contribution in [1.82, 2.24) is 0 Å². The third kappa shape index (κ3) is 10.4. The van der Waals surface area contributed by atoms with Gasteiger partial charge in [-0.3, -0.25) is 4.55 Å². The van der Waals surface area contributed by atoms with Crippen LogP contribution in [0.4, 0.5) is 5.69 Å². The Balaban J connectivity index is 0.000000338. The van der Waals surface area contributed by atoms with Gasteiger partial charge >= 0.3 is 0 Å². The van der Waals surface area contributed by atoms with E-state index in [9.17, 15) is 8.42 Å². The number of benzene rings is 4. The minimum Gasteiger partial charge on any atom is -0.496 e. The molecule has 0 heterocycles. The van der Waals surface area contributed by atoms with E-state index in [1.807, 2.05) is 25.3 Å². The standard InChI is InChI=1S/C31H49O2P.C13H13NO3S/c1-19(2)22-17-23(20(3)4)27(24(18-22)21(5)6)28-25(32-13)15-16-26(33-14)29(28)34(30(7,8)9)31(10,11)12;14-13-8-4-3-7-12(13)11-6-2-1-5-10(11)9-18(15,16)17/h15-21H,1-14H3;1-8H,9,14H2,(H,15,16,17). The molecule has 0 saturated carbocycles. The third-order valence-corrected chi connectivity index (χ3v) is 13.3. The molecule has 4 aromatic rings. The normalized spacial score (nSPS) is 12.4. The second kappa shape index (κ2) is 17.2. The Kier molecular flexibility index (Phi) is 14.2. The van der Waals surface area contributed by atoms with Crippen molar-refractivity contribution < 1.29 is 22.4 Å². The molecular formula is C44H62NO5PS. The summed E-state index contributed by atoms with van der Waals surface area (Å²) in [6, 6.07) is 23.3. The van der Waals surface area contributed by atoms with Gasteiger partial charge in [-0.05, 0) is 79.6 Å². The van der Waals surface area contributed by atoms with Gasteiger partial charge in [0.05, 0.1) is 14.2 Å². The first kappa shape index (κ1) is 43.0. The Hall–Kier alpha value is -3.38. The highest BCUT2D eigenvalue weighted by atomic mass is 32.2. The molecule has 0 radical (unpaired) electrons. The van der Waals surface area contributed by atoms with Gasteiger partial charge in [-0.25, -0.2) is 0 Å². The van der Waals surface area contributed by atoms with Crippen LogP contribution in [0.25, 0.3) is 22.3 Å². The van der Waals surface area contributed by atoms with E-state index in [1.165, 1.54) is 33.1 Å². The van der Waals surface area contributed by atoms with Crippen molar-refractivity contribution >= 4 is 29.0 Å². The molecule has 8 heteroatoms. The van der Waals surface area contributed by atoms with Crippen molar-refractivity contribution in [2.45, 2.75) is 117 Å². The second-order valence-electron chi connectivity index (χ2n) is 16.4. The number of nitrogen functional groups attached to an aromatic ring is 1. The Morgan fingerprint density at radius 2 is 1.13 bits per heavy atom. The molecule has 0 spiro atoms. The summed E-state index contributed by atoms with van der Waals surface area (Å²) in [5, 5.41) is 1.52. The fourth-order valence-corrected chi connectivity index (χ4v) is 12.0. The molecule has 284 valence electrons. The van der Waals surface area contributed by atoms with Crippen LogP contribution < -0.4 is 20.5 Å². The van der Waals surface area contributed by atoms with Crippen LogP contribution in [0, 0.1) is 0 Å². The summed E-state index contributed by atoms with van der Waals surface area (Å²) < 4.78 is 43.2. The molecule has 0 aromatic heterocycles. The molecule has 0 unspecified atom stereocenters. The van der Waals surface area contributed by atoms with Gasteiger partial charge in [-0.15, -0.1) is 0 Å². The molecule has 0 bridgehead atoms. The van der Waals surface area contributed by atoms with Gasteiger partial charge in [0, 0.05) is 22.1 Å². The SMILES string of the molecule is COc1ccc(OC)c(P(C(C)(C)C)C(C)(C)C)c1-c1c(C(C)C)cc(C(C)C)cc1C(C)C.Nc1ccccc1-c1ccccc1CS(=O)(=O)O. The number of methoxy groups -OCH3 is 2. The van der Waals surface area contributed by atoms with Crippen molar-refractivity contribution in [2.24, 2.45) is 0 Å². The predicted molar refractivity (Wildman–Crippen MR) is 225 cm³/mol. The largest absolute Gasteiger partial charge is 0.496 e. The highest BCUT2D eigenvalue weighted by molar-refractivity contribution is 7.85. The van der Waals surface area contributed by atoms with Crippen LogP contribution in [-0.4, -0.2) is 37.5 Å². The zero-order chi connectivity index (χ0) is 39.3. The van der Waals surface area contributed by atoms with Gasteiger partial charge in [-0.2, -0.15) is 8.42 Å². The second-order valence-corrected chi connectivity index (χ2v) is 21.6. The molecule has 0 aliphatic rings. The molecule has 0 atom stereocenters. The molecule has 0 aliphatic heterocycles. The van der Waals surface area contributed by atoms with Gasteiger partial charge in [0.2, 0.25) is 0 Å². The molecule has 4 aromatic carbocycles. The molecule has 6 nitrogen and oxygen atoms in total. The lowest BCUT2D eigenvalue weighted by atomic mass is 9.81. The van der Waals surface area contributed by atoms with E-state index in [0.29, 0.717) is 34.6 Å². The first-order valence-electron chi connectivity index (χ1n) is 18.1. The van der Waals surface area contributed by atoms with Crippen LogP contribution in [-0.2, 0) is 15.9 Å². The van der Waals surface area contributed by atoms with Crippen LogP contribution in [0.3, 0.4) is 0 Å². The quantitative estimate of drug-likeness (QED) is 0.0952. The number of rotatable bonds is 10. The lowest BCUT2D eigenvalue weighted by Crippen LogP contribution is -2.33. The van der Waals surface area contributed by atoms with Crippen LogP contribution in [0.2, 0.25) is 0 Å². The third-order valence-electron chi connectivity index (χ3n) is 9.10. The van der Waals surface area contributed by atoms with Gasteiger partial charge in [0.25, 0.3) is 10.1 Å². The van der Waals surface area contributed by atoms with E-state index >= 15 is 0 Å². The molecule has 0 amide bonds. The Morgan fingerprint density at radius 1 is 0.673 bits per heavy atom. The van der Waals surface area contributed by atoms with E-state index in [4.69, 9.17) is 19.8 Å². The average molecular weight is 748 g/mol. The minimum atomic E-state index is -4.06. The zero-order valence-corrected chi connectivity index (χ0v) is 35.6. The highest BCUT2D eigenvalue weighted by Gasteiger charge is 2.41. The maximum Gasteiger partial charge on any atom is 0.269 e. The Bertz CT molecular complexity index is 1890. The molecule has 3 N–H and O–H groups in total. The first-order valence-corrected chi connectivity index (χ1v) is 21.1. The zero-order valence-electron chi connectivity index (χ0n) is 33.9. The van der Waals surface area contributed by atoms with Gasteiger partial charge < -0.3 is 15.2 Å². The van der Waals surface area contributed by atoms with Crippen LogP contribution in [0.15, 0.2) is 72.8 Å². The van der Waals surface area contributed by atoms with Gasteiger partial charge in [0.1, 0.15) is 17.3 Å². The molecular weight excluding hydrogens is 686 g/mol. The maximum atomic E-state index is 11.0. The molecule has 0 saturated heterocycles. The fraction of sp³-hybridized carbons (Fsp3) is 0.455. The monoisotopic (exact) mass is 747 g/mol. The highest BCUT2D eigenvalue weighted by Crippen LogP contribution is 2.62. The molecule has 0 fully saturated rings. The maximum absolute atomic E-state index is 11.0. The Morgan fingerprint density at radius 3 is 1.56 bits per heavy atom. The van der Waals surface area contributed by atoms with Gasteiger partial charge in [-0.1, -0.05) is 146 Å². The van der Waals surface area contributed by atoms with Crippen molar-refractivity contribution in [3.8, 4) is 33.8 Å². The van der Waals surface area contributed by atoms with E-state index in [2.05, 4.69) is 107 Å². The number of para-hydroxylation sites is 1. The topological polar surface area (TPSA) is 98.9 Å². The molecule has 0 aliphatic carbocycles. The summed E-state index contributed by atoms with van der Waals surface area (Å²) in [6.45, 7) is 28.1. The van der Waals surface area contributed by atoms with Crippen molar-refractivity contribution in [3.63, 3.8) is 0 Å².